The average molecular weight is 431 g/mol. The minimum atomic E-state index is 0. The molecule has 1 atom stereocenters. The summed E-state index contributed by atoms with van der Waals surface area (Å²) >= 11 is 0. The minimum absolute atomic E-state index is 0. The van der Waals surface area contributed by atoms with E-state index >= 15 is 0 Å². The van der Waals surface area contributed by atoms with Crippen molar-refractivity contribution in [3.63, 3.8) is 0 Å². The van der Waals surface area contributed by atoms with Gasteiger partial charge in [0, 0.05) is 50.0 Å². The third-order valence-corrected chi connectivity index (χ3v) is 5.78. The molecule has 1 aromatic rings. The van der Waals surface area contributed by atoms with Gasteiger partial charge in [-0.3, -0.25) is 9.69 Å². The Balaban J connectivity index is 0.00000196. The van der Waals surface area contributed by atoms with Crippen LogP contribution in [0.25, 0.3) is 0 Å². The number of amides is 1. The lowest BCUT2D eigenvalue weighted by Crippen LogP contribution is -2.48. The summed E-state index contributed by atoms with van der Waals surface area (Å²) in [7, 11) is 0. The van der Waals surface area contributed by atoms with Crippen LogP contribution in [0.5, 0.6) is 0 Å². The molecule has 2 fully saturated rings. The van der Waals surface area contributed by atoms with Crippen LogP contribution < -0.4 is 15.5 Å². The van der Waals surface area contributed by atoms with E-state index < -0.39 is 0 Å². The highest BCUT2D eigenvalue weighted by Crippen LogP contribution is 2.18. The molecule has 1 unspecified atom stereocenters. The zero-order valence-electron chi connectivity index (χ0n) is 17.2. The van der Waals surface area contributed by atoms with Crippen molar-refractivity contribution >= 4 is 36.4 Å². The molecule has 2 aliphatic rings. The maximum absolute atomic E-state index is 12.3. The molecule has 1 amide bonds. The van der Waals surface area contributed by atoms with Gasteiger partial charge in [0.2, 0.25) is 0 Å². The van der Waals surface area contributed by atoms with Gasteiger partial charge in [0.05, 0.1) is 0 Å². The Labute approximate surface area is 182 Å². The molecule has 2 aliphatic heterocycles. The lowest BCUT2D eigenvalue weighted by atomic mass is 9.96. The second-order valence-corrected chi connectivity index (χ2v) is 7.92. The van der Waals surface area contributed by atoms with Crippen molar-refractivity contribution < 1.29 is 4.79 Å². The normalized spacial score (nSPS) is 20.2. The number of nitrogens with zero attached hydrogens (tertiary/aromatic N) is 2. The summed E-state index contributed by atoms with van der Waals surface area (Å²) < 4.78 is 0. The summed E-state index contributed by atoms with van der Waals surface area (Å²) in [6, 6.07) is 8.71. The van der Waals surface area contributed by atoms with E-state index in [1.807, 2.05) is 12.1 Å². The van der Waals surface area contributed by atoms with E-state index in [1.54, 1.807) is 0 Å². The van der Waals surface area contributed by atoms with Gasteiger partial charge in [-0.1, -0.05) is 0 Å². The number of piperazine rings is 1. The predicted molar refractivity (Wildman–Crippen MR) is 122 cm³/mol. The number of piperidine rings is 1. The third-order valence-electron chi connectivity index (χ3n) is 5.78. The molecule has 0 spiro atoms. The van der Waals surface area contributed by atoms with Crippen LogP contribution in [0, 0.1) is 5.92 Å². The van der Waals surface area contributed by atoms with E-state index in [1.165, 1.54) is 18.5 Å². The second-order valence-electron chi connectivity index (χ2n) is 7.92. The minimum Gasteiger partial charge on any atom is -0.369 e. The quantitative estimate of drug-likeness (QED) is 0.727. The van der Waals surface area contributed by atoms with Crippen LogP contribution >= 0.6 is 24.8 Å². The molecule has 0 bridgehead atoms. The van der Waals surface area contributed by atoms with Crippen molar-refractivity contribution in [2.24, 2.45) is 5.92 Å². The van der Waals surface area contributed by atoms with Gasteiger partial charge in [-0.25, -0.2) is 0 Å². The third kappa shape index (κ3) is 7.11. The molecule has 1 aromatic carbocycles. The number of anilines is 1. The highest BCUT2D eigenvalue weighted by molar-refractivity contribution is 5.94. The zero-order chi connectivity index (χ0) is 18.4. The number of benzene rings is 1. The Morgan fingerprint density at radius 1 is 1.14 bits per heavy atom. The van der Waals surface area contributed by atoms with E-state index in [0.29, 0.717) is 12.0 Å². The van der Waals surface area contributed by atoms with E-state index in [-0.39, 0.29) is 30.7 Å². The van der Waals surface area contributed by atoms with Crippen molar-refractivity contribution in [1.82, 2.24) is 15.5 Å². The van der Waals surface area contributed by atoms with Crippen LogP contribution in [0.1, 0.15) is 43.5 Å². The fraction of sp³-hybridized carbons (Fsp3) is 0.667. The molecule has 2 N–H and O–H groups in total. The summed E-state index contributed by atoms with van der Waals surface area (Å²) in [6.07, 6.45) is 3.60. The number of carbonyl (C=O) groups is 1. The smallest absolute Gasteiger partial charge is 0.251 e. The Kier molecular flexibility index (Phi) is 11.2. The van der Waals surface area contributed by atoms with E-state index in [2.05, 4.69) is 46.4 Å². The average Bonchev–Trinajstić information content (AvgIpc) is 2.69. The van der Waals surface area contributed by atoms with Gasteiger partial charge in [0.25, 0.3) is 5.91 Å². The maximum atomic E-state index is 12.3. The lowest BCUT2D eigenvalue weighted by Gasteiger charge is -2.38. The first kappa shape index (κ1) is 25.0. The molecule has 0 radical (unpaired) electrons. The Morgan fingerprint density at radius 3 is 2.39 bits per heavy atom. The predicted octanol–water partition coefficient (Wildman–Crippen LogP) is 3.18. The molecule has 7 heteroatoms. The first-order valence-electron chi connectivity index (χ1n) is 10.2. The molecular formula is C21H36Cl2N4O. The summed E-state index contributed by atoms with van der Waals surface area (Å²) in [5.41, 5.74) is 1.98. The fourth-order valence-corrected chi connectivity index (χ4v) is 3.98. The van der Waals surface area contributed by atoms with Crippen LogP contribution in [0.3, 0.4) is 0 Å². The monoisotopic (exact) mass is 430 g/mol. The molecule has 0 aliphatic carbocycles. The maximum Gasteiger partial charge on any atom is 0.251 e. The Hall–Kier alpha value is -1.01. The molecule has 160 valence electrons. The van der Waals surface area contributed by atoms with Crippen LogP contribution in [0.2, 0.25) is 0 Å². The number of nitrogens with one attached hydrogen (secondary N) is 2. The first-order chi connectivity index (χ1) is 12.6. The number of rotatable bonds is 6. The van der Waals surface area contributed by atoms with Gasteiger partial charge in [-0.2, -0.15) is 0 Å². The molecule has 2 heterocycles. The fourth-order valence-electron chi connectivity index (χ4n) is 3.98. The number of hydrogen-bond acceptors (Lipinski definition) is 4. The SMILES string of the molecule is CC(C)N1CCN(c2ccc(C(=O)NCCC3CCCNC3)cc2)CC1.Cl.Cl. The molecule has 3 rings (SSSR count). The highest BCUT2D eigenvalue weighted by Gasteiger charge is 2.19. The number of hydrogen-bond donors (Lipinski definition) is 2. The Bertz CT molecular complexity index is 568. The molecular weight excluding hydrogens is 395 g/mol. The molecule has 5 nitrogen and oxygen atoms in total. The summed E-state index contributed by atoms with van der Waals surface area (Å²) in [5, 5.41) is 6.51. The highest BCUT2D eigenvalue weighted by atomic mass is 35.5. The van der Waals surface area contributed by atoms with Gasteiger partial charge < -0.3 is 15.5 Å². The van der Waals surface area contributed by atoms with E-state index in [4.69, 9.17) is 0 Å². The van der Waals surface area contributed by atoms with Crippen molar-refractivity contribution in [3.05, 3.63) is 29.8 Å². The summed E-state index contributed by atoms with van der Waals surface area (Å²) in [6.45, 7) is 11.8. The van der Waals surface area contributed by atoms with Crippen LogP contribution in [-0.2, 0) is 0 Å². The van der Waals surface area contributed by atoms with Crippen molar-refractivity contribution in [2.75, 3.05) is 50.7 Å². The number of halogens is 2. The summed E-state index contributed by atoms with van der Waals surface area (Å²) in [4.78, 5) is 17.3. The largest absolute Gasteiger partial charge is 0.369 e. The zero-order valence-corrected chi connectivity index (χ0v) is 18.8. The molecule has 0 aromatic heterocycles. The topological polar surface area (TPSA) is 47.6 Å². The van der Waals surface area contributed by atoms with E-state index in [0.717, 1.165) is 57.8 Å². The standard InChI is InChI=1S/C21H34N4O.2ClH/c1-17(2)24-12-14-25(15-13-24)20-7-5-19(6-8-20)21(26)23-11-9-18-4-3-10-22-16-18;;/h5-8,17-18,22H,3-4,9-16H2,1-2H3,(H,23,26);2*1H. The van der Waals surface area contributed by atoms with Gasteiger partial charge in [-0.15, -0.1) is 24.8 Å². The van der Waals surface area contributed by atoms with Gasteiger partial charge in [0.1, 0.15) is 0 Å². The van der Waals surface area contributed by atoms with E-state index in [9.17, 15) is 4.79 Å². The van der Waals surface area contributed by atoms with Crippen LogP contribution in [0.15, 0.2) is 24.3 Å². The Morgan fingerprint density at radius 2 is 1.82 bits per heavy atom. The second kappa shape index (κ2) is 12.5. The van der Waals surface area contributed by atoms with Crippen molar-refractivity contribution in [1.29, 1.82) is 0 Å². The van der Waals surface area contributed by atoms with Crippen molar-refractivity contribution in [3.8, 4) is 0 Å². The summed E-state index contributed by atoms with van der Waals surface area (Å²) in [5.74, 6) is 0.751. The molecule has 0 saturated carbocycles. The molecule has 28 heavy (non-hydrogen) atoms. The number of carbonyl (C=O) groups excluding carboxylic acids is 1. The first-order valence-corrected chi connectivity index (χ1v) is 10.2. The van der Waals surface area contributed by atoms with Gasteiger partial charge in [-0.05, 0) is 76.4 Å². The van der Waals surface area contributed by atoms with Gasteiger partial charge >= 0.3 is 0 Å². The van der Waals surface area contributed by atoms with Crippen LogP contribution in [0.4, 0.5) is 5.69 Å². The van der Waals surface area contributed by atoms with Crippen LogP contribution in [-0.4, -0.2) is 62.7 Å². The molecule has 2 saturated heterocycles. The lowest BCUT2D eigenvalue weighted by molar-refractivity contribution is 0.0950. The van der Waals surface area contributed by atoms with Gasteiger partial charge in [0.15, 0.2) is 0 Å². The van der Waals surface area contributed by atoms with Crippen molar-refractivity contribution in [2.45, 2.75) is 39.2 Å².